The number of rotatable bonds is 6. The Hall–Kier alpha value is -1.82. The average Bonchev–Trinajstić information content (AvgIpc) is 2.96. The third-order valence-electron chi connectivity index (χ3n) is 4.95. The lowest BCUT2D eigenvalue weighted by Crippen LogP contribution is -2.41. The molecule has 1 fully saturated rings. The summed E-state index contributed by atoms with van der Waals surface area (Å²) in [6.45, 7) is 2.45. The Morgan fingerprint density at radius 3 is 2.89 bits per heavy atom. The molecule has 1 aliphatic heterocycles. The van der Waals surface area contributed by atoms with Crippen molar-refractivity contribution < 1.29 is 9.53 Å². The molecule has 0 bridgehead atoms. The van der Waals surface area contributed by atoms with Crippen LogP contribution in [0.3, 0.4) is 0 Å². The Labute approximate surface area is 177 Å². The molecule has 0 saturated carbocycles. The van der Waals surface area contributed by atoms with Crippen LogP contribution in [-0.2, 0) is 17.8 Å². The molecule has 0 aliphatic carbocycles. The molecule has 1 aromatic carbocycles. The third-order valence-corrected chi connectivity index (χ3v) is 5.18. The second-order valence-corrected chi connectivity index (χ2v) is 7.25. The zero-order chi connectivity index (χ0) is 19.1. The fraction of sp³-hybridized carbons (Fsp3) is 0.429. The minimum Gasteiger partial charge on any atom is -0.496 e. The topological polar surface area (TPSA) is 54.5 Å². The van der Waals surface area contributed by atoms with E-state index in [9.17, 15) is 4.79 Å². The summed E-state index contributed by atoms with van der Waals surface area (Å²) in [7, 11) is 1.61. The van der Waals surface area contributed by atoms with E-state index in [2.05, 4.69) is 10.3 Å². The average molecular weight is 424 g/mol. The first-order chi connectivity index (χ1) is 13.2. The van der Waals surface area contributed by atoms with Gasteiger partial charge in [-0.05, 0) is 62.7 Å². The van der Waals surface area contributed by atoms with E-state index in [4.69, 9.17) is 16.3 Å². The maximum Gasteiger partial charge on any atom is 0.227 e. The van der Waals surface area contributed by atoms with Crippen LogP contribution in [0.25, 0.3) is 0 Å². The zero-order valence-corrected chi connectivity index (χ0v) is 17.6. The van der Waals surface area contributed by atoms with Gasteiger partial charge in [-0.3, -0.25) is 9.78 Å². The molecule has 1 amide bonds. The molecular weight excluding hydrogens is 397 g/mol. The third kappa shape index (κ3) is 6.09. The molecule has 2 heterocycles. The summed E-state index contributed by atoms with van der Waals surface area (Å²) in [4.78, 5) is 19.7. The fourth-order valence-electron chi connectivity index (χ4n) is 3.55. The number of amides is 1. The molecule has 1 N–H and O–H groups in total. The Morgan fingerprint density at radius 2 is 2.14 bits per heavy atom. The van der Waals surface area contributed by atoms with E-state index in [0.717, 1.165) is 43.6 Å². The number of pyridine rings is 1. The molecule has 5 nitrogen and oxygen atoms in total. The Morgan fingerprint density at radius 1 is 1.29 bits per heavy atom. The van der Waals surface area contributed by atoms with Crippen LogP contribution >= 0.6 is 24.0 Å². The quantitative estimate of drug-likeness (QED) is 0.765. The van der Waals surface area contributed by atoms with Crippen molar-refractivity contribution in [3.8, 4) is 5.75 Å². The van der Waals surface area contributed by atoms with E-state index in [0.29, 0.717) is 17.3 Å². The van der Waals surface area contributed by atoms with Crippen LogP contribution in [0.15, 0.2) is 42.6 Å². The largest absolute Gasteiger partial charge is 0.496 e. The number of hydrogen-bond acceptors (Lipinski definition) is 4. The number of carbonyl (C=O) groups is 1. The van der Waals surface area contributed by atoms with Crippen molar-refractivity contribution in [2.75, 3.05) is 20.2 Å². The minimum absolute atomic E-state index is 0. The van der Waals surface area contributed by atoms with E-state index in [1.54, 1.807) is 19.4 Å². The predicted octanol–water partition coefficient (Wildman–Crippen LogP) is 3.88. The van der Waals surface area contributed by atoms with Gasteiger partial charge in [-0.2, -0.15) is 0 Å². The van der Waals surface area contributed by atoms with E-state index in [1.807, 2.05) is 35.2 Å². The molecule has 1 unspecified atom stereocenters. The van der Waals surface area contributed by atoms with Crippen LogP contribution < -0.4 is 10.1 Å². The van der Waals surface area contributed by atoms with Crippen LogP contribution in [0.2, 0.25) is 5.02 Å². The monoisotopic (exact) mass is 423 g/mol. The van der Waals surface area contributed by atoms with E-state index < -0.39 is 0 Å². The first-order valence-electron chi connectivity index (χ1n) is 9.40. The molecule has 28 heavy (non-hydrogen) atoms. The summed E-state index contributed by atoms with van der Waals surface area (Å²) >= 11 is 6.14. The molecule has 7 heteroatoms. The molecule has 0 spiro atoms. The second kappa shape index (κ2) is 11.2. The number of ether oxygens (including phenoxy) is 1. The Bertz CT molecular complexity index is 751. The van der Waals surface area contributed by atoms with Crippen LogP contribution in [0.4, 0.5) is 0 Å². The van der Waals surface area contributed by atoms with Crippen LogP contribution in [0.5, 0.6) is 5.75 Å². The van der Waals surface area contributed by atoms with Crippen molar-refractivity contribution in [2.45, 2.75) is 38.3 Å². The summed E-state index contributed by atoms with van der Waals surface area (Å²) < 4.78 is 5.41. The lowest BCUT2D eigenvalue weighted by molar-refractivity contribution is -0.133. The van der Waals surface area contributed by atoms with Gasteiger partial charge in [0.25, 0.3) is 0 Å². The molecule has 2 aromatic rings. The van der Waals surface area contributed by atoms with Crippen molar-refractivity contribution in [1.82, 2.24) is 15.2 Å². The number of methoxy groups -OCH3 is 1. The van der Waals surface area contributed by atoms with Crippen LogP contribution in [0, 0.1) is 0 Å². The number of hydrogen-bond donors (Lipinski definition) is 1. The van der Waals surface area contributed by atoms with Gasteiger partial charge in [0.15, 0.2) is 0 Å². The highest BCUT2D eigenvalue weighted by molar-refractivity contribution is 6.30. The summed E-state index contributed by atoms with van der Waals surface area (Å²) in [5.41, 5.74) is 1.72. The lowest BCUT2D eigenvalue weighted by atomic mass is 10.0. The van der Waals surface area contributed by atoms with Gasteiger partial charge in [0.1, 0.15) is 5.75 Å². The van der Waals surface area contributed by atoms with Crippen molar-refractivity contribution in [2.24, 2.45) is 0 Å². The van der Waals surface area contributed by atoms with Crippen molar-refractivity contribution in [1.29, 1.82) is 0 Å². The smallest absolute Gasteiger partial charge is 0.227 e. The number of nitrogens with one attached hydrogen (secondary N) is 1. The number of nitrogens with zero attached hydrogens (tertiary/aromatic N) is 2. The molecular formula is C21H27Cl2N3O2. The van der Waals surface area contributed by atoms with Crippen LogP contribution in [-0.4, -0.2) is 42.0 Å². The van der Waals surface area contributed by atoms with E-state index in [-0.39, 0.29) is 30.8 Å². The molecule has 0 radical (unpaired) electrons. The van der Waals surface area contributed by atoms with Crippen LogP contribution in [0.1, 0.15) is 30.5 Å². The molecule has 152 valence electrons. The van der Waals surface area contributed by atoms with E-state index >= 15 is 0 Å². The Kier molecular flexibility index (Phi) is 9.03. The van der Waals surface area contributed by atoms with E-state index in [1.165, 1.54) is 0 Å². The van der Waals surface area contributed by atoms with Gasteiger partial charge in [-0.1, -0.05) is 17.7 Å². The number of benzene rings is 1. The SMILES string of the molecule is COc1ccc(Cl)cc1CC(=O)N(Cc1ccccn1)C1CCCNCC1.Cl. The normalized spacial score (nSPS) is 16.6. The predicted molar refractivity (Wildman–Crippen MR) is 114 cm³/mol. The number of carbonyl (C=O) groups excluding carboxylic acids is 1. The first-order valence-corrected chi connectivity index (χ1v) is 9.77. The van der Waals surface area contributed by atoms with Gasteiger partial charge in [-0.15, -0.1) is 12.4 Å². The van der Waals surface area contributed by atoms with Gasteiger partial charge in [-0.25, -0.2) is 0 Å². The Balaban J connectivity index is 0.00000280. The van der Waals surface area contributed by atoms with Gasteiger partial charge >= 0.3 is 0 Å². The van der Waals surface area contributed by atoms with Crippen molar-refractivity contribution >= 4 is 29.9 Å². The van der Waals surface area contributed by atoms with Gasteiger partial charge in [0.05, 0.1) is 25.8 Å². The molecule has 1 saturated heterocycles. The summed E-state index contributed by atoms with van der Waals surface area (Å²) in [5, 5.41) is 4.02. The highest BCUT2D eigenvalue weighted by atomic mass is 35.5. The summed E-state index contributed by atoms with van der Waals surface area (Å²) in [6, 6.07) is 11.4. The lowest BCUT2D eigenvalue weighted by Gasteiger charge is -2.31. The first kappa shape index (κ1) is 22.5. The maximum atomic E-state index is 13.3. The minimum atomic E-state index is 0. The molecule has 1 aliphatic rings. The van der Waals surface area contributed by atoms with Gasteiger partial charge in [0.2, 0.25) is 5.91 Å². The molecule has 3 rings (SSSR count). The summed E-state index contributed by atoms with van der Waals surface area (Å²) in [5.74, 6) is 0.765. The van der Waals surface area contributed by atoms with Gasteiger partial charge < -0.3 is 15.0 Å². The highest BCUT2D eigenvalue weighted by Crippen LogP contribution is 2.25. The molecule has 1 atom stereocenters. The fourth-order valence-corrected chi connectivity index (χ4v) is 3.74. The van der Waals surface area contributed by atoms with Crippen molar-refractivity contribution in [3.63, 3.8) is 0 Å². The summed E-state index contributed by atoms with van der Waals surface area (Å²) in [6.07, 6.45) is 5.05. The zero-order valence-electron chi connectivity index (χ0n) is 16.1. The maximum absolute atomic E-state index is 13.3. The van der Waals surface area contributed by atoms with Crippen molar-refractivity contribution in [3.05, 3.63) is 58.9 Å². The highest BCUT2D eigenvalue weighted by Gasteiger charge is 2.26. The standard InChI is InChI=1S/C21H26ClN3O2.ClH/c1-27-20-8-7-17(22)13-16(20)14-21(26)25(15-18-5-2-3-11-24-18)19-6-4-10-23-12-9-19;/h2-3,5,7-8,11,13,19,23H,4,6,9-10,12,14-15H2,1H3;1H. The second-order valence-electron chi connectivity index (χ2n) is 6.81. The van der Waals surface area contributed by atoms with Gasteiger partial charge in [0, 0.05) is 22.8 Å². The molecule has 1 aromatic heterocycles. The number of aromatic nitrogens is 1. The number of halogens is 2.